The van der Waals surface area contributed by atoms with E-state index in [2.05, 4.69) is 25.3 Å². The summed E-state index contributed by atoms with van der Waals surface area (Å²) in [4.78, 5) is 11.6. The van der Waals surface area contributed by atoms with Crippen LogP contribution >= 0.6 is 0 Å². The van der Waals surface area contributed by atoms with E-state index < -0.39 is 0 Å². The summed E-state index contributed by atoms with van der Waals surface area (Å²) in [6, 6.07) is 6.22. The summed E-state index contributed by atoms with van der Waals surface area (Å²) in [5.41, 5.74) is 8.14. The number of anilines is 2. The van der Waals surface area contributed by atoms with Gasteiger partial charge in [0.1, 0.15) is 11.6 Å². The Labute approximate surface area is 157 Å². The van der Waals surface area contributed by atoms with E-state index >= 15 is 0 Å². The molecule has 0 spiro atoms. The maximum atomic E-state index is 13.3. The fourth-order valence-electron chi connectivity index (χ4n) is 3.52. The van der Waals surface area contributed by atoms with E-state index in [1.165, 1.54) is 31.4 Å². The van der Waals surface area contributed by atoms with Gasteiger partial charge in [-0.05, 0) is 50.2 Å². The smallest absolute Gasteiger partial charge is 0.225 e. The minimum absolute atomic E-state index is 0.289. The third-order valence-corrected chi connectivity index (χ3v) is 5.02. The van der Waals surface area contributed by atoms with Crippen LogP contribution in [0.2, 0.25) is 0 Å². The average Bonchev–Trinajstić information content (AvgIpc) is 2.97. The lowest BCUT2D eigenvalue weighted by atomic mass is 10.1. The molecule has 8 heteroatoms. The third-order valence-electron chi connectivity index (χ3n) is 5.02. The van der Waals surface area contributed by atoms with Crippen molar-refractivity contribution in [3.8, 4) is 11.3 Å². The molecule has 1 aliphatic heterocycles. The number of nitrogens with two attached hydrogens (primary N) is 1. The van der Waals surface area contributed by atoms with Crippen molar-refractivity contribution < 1.29 is 4.39 Å². The normalized spacial score (nSPS) is 15.3. The standard InChI is InChI=1S/C19H24FN7/c1-26-17(21)15-16(13-5-7-14(20)8-6-13)23-19(24-18(15)25-26)22-9-12-27-10-3-2-4-11-27/h5-8H,2-4,9-12,21H2,1H3,(H,22,24,25). The highest BCUT2D eigenvalue weighted by atomic mass is 19.1. The Morgan fingerprint density at radius 3 is 2.59 bits per heavy atom. The maximum absolute atomic E-state index is 13.3. The first-order chi connectivity index (χ1) is 13.1. The van der Waals surface area contributed by atoms with Gasteiger partial charge in [-0.3, -0.25) is 4.68 Å². The Morgan fingerprint density at radius 2 is 1.85 bits per heavy atom. The predicted octanol–water partition coefficient (Wildman–Crippen LogP) is 2.65. The van der Waals surface area contributed by atoms with Gasteiger partial charge in [0.2, 0.25) is 5.95 Å². The number of nitrogens with one attached hydrogen (secondary N) is 1. The number of benzene rings is 1. The molecule has 1 saturated heterocycles. The van der Waals surface area contributed by atoms with E-state index in [9.17, 15) is 4.39 Å². The molecule has 27 heavy (non-hydrogen) atoms. The first-order valence-corrected chi connectivity index (χ1v) is 9.34. The van der Waals surface area contributed by atoms with Crippen molar-refractivity contribution in [3.63, 3.8) is 0 Å². The van der Waals surface area contributed by atoms with Crippen LogP contribution in [-0.2, 0) is 7.05 Å². The van der Waals surface area contributed by atoms with Crippen LogP contribution in [-0.4, -0.2) is 50.8 Å². The fourth-order valence-corrected chi connectivity index (χ4v) is 3.52. The topological polar surface area (TPSA) is 84.9 Å². The van der Waals surface area contributed by atoms with Crippen molar-refractivity contribution in [1.29, 1.82) is 0 Å². The molecule has 1 aromatic carbocycles. The molecule has 0 amide bonds. The largest absolute Gasteiger partial charge is 0.383 e. The van der Waals surface area contributed by atoms with E-state index in [1.807, 2.05) is 0 Å². The molecular weight excluding hydrogens is 345 g/mol. The van der Waals surface area contributed by atoms with Crippen LogP contribution in [0.3, 0.4) is 0 Å². The van der Waals surface area contributed by atoms with Crippen LogP contribution < -0.4 is 11.1 Å². The molecule has 3 N–H and O–H groups in total. The fraction of sp³-hybridized carbons (Fsp3) is 0.421. The van der Waals surface area contributed by atoms with Crippen molar-refractivity contribution in [3.05, 3.63) is 30.1 Å². The number of nitrogens with zero attached hydrogens (tertiary/aromatic N) is 5. The van der Waals surface area contributed by atoms with Crippen LogP contribution in [0.5, 0.6) is 0 Å². The van der Waals surface area contributed by atoms with Crippen molar-refractivity contribution in [2.75, 3.05) is 37.2 Å². The maximum Gasteiger partial charge on any atom is 0.225 e. The summed E-state index contributed by atoms with van der Waals surface area (Å²) in [6.45, 7) is 4.02. The second kappa shape index (κ2) is 7.48. The number of likely N-dealkylation sites (tertiary alicyclic amines) is 1. The molecule has 0 atom stereocenters. The Kier molecular flexibility index (Phi) is 4.89. The second-order valence-corrected chi connectivity index (χ2v) is 6.94. The van der Waals surface area contributed by atoms with E-state index in [-0.39, 0.29) is 5.82 Å². The van der Waals surface area contributed by atoms with Gasteiger partial charge in [-0.25, -0.2) is 9.37 Å². The zero-order valence-corrected chi connectivity index (χ0v) is 15.5. The molecule has 1 aliphatic rings. The van der Waals surface area contributed by atoms with Crippen molar-refractivity contribution in [2.45, 2.75) is 19.3 Å². The molecule has 0 aliphatic carbocycles. The zero-order valence-electron chi connectivity index (χ0n) is 15.5. The molecule has 0 radical (unpaired) electrons. The van der Waals surface area contributed by atoms with Crippen molar-refractivity contribution in [1.82, 2.24) is 24.6 Å². The number of halogens is 1. The van der Waals surface area contributed by atoms with E-state index in [0.29, 0.717) is 28.5 Å². The molecular formula is C19H24FN7. The van der Waals surface area contributed by atoms with Crippen molar-refractivity contribution >= 4 is 22.8 Å². The lowest BCUT2D eigenvalue weighted by Gasteiger charge is -2.26. The molecule has 2 aromatic heterocycles. The van der Waals surface area contributed by atoms with Gasteiger partial charge in [-0.2, -0.15) is 10.1 Å². The highest BCUT2D eigenvalue weighted by Gasteiger charge is 2.17. The first-order valence-electron chi connectivity index (χ1n) is 9.34. The van der Waals surface area contributed by atoms with Gasteiger partial charge in [-0.1, -0.05) is 6.42 Å². The summed E-state index contributed by atoms with van der Waals surface area (Å²) in [5.74, 6) is 0.712. The molecule has 7 nitrogen and oxygen atoms in total. The Hall–Kier alpha value is -2.74. The summed E-state index contributed by atoms with van der Waals surface area (Å²) >= 11 is 0. The van der Waals surface area contributed by atoms with Gasteiger partial charge < -0.3 is 16.0 Å². The minimum Gasteiger partial charge on any atom is -0.383 e. The highest BCUT2D eigenvalue weighted by Crippen LogP contribution is 2.31. The highest BCUT2D eigenvalue weighted by molar-refractivity contribution is 5.98. The zero-order chi connectivity index (χ0) is 18.8. The molecule has 3 aromatic rings. The number of piperidine rings is 1. The quantitative estimate of drug-likeness (QED) is 0.719. The SMILES string of the molecule is Cn1nc2nc(NCCN3CCCCC3)nc(-c3ccc(F)cc3)c2c1N. The number of fused-ring (bicyclic) bond motifs is 1. The lowest BCUT2D eigenvalue weighted by molar-refractivity contribution is 0.237. The first kappa shape index (κ1) is 17.7. The van der Waals surface area contributed by atoms with E-state index in [4.69, 9.17) is 5.73 Å². The molecule has 3 heterocycles. The number of rotatable bonds is 5. The molecule has 1 fully saturated rings. The number of nitrogen functional groups attached to an aromatic ring is 1. The van der Waals surface area contributed by atoms with Crippen molar-refractivity contribution in [2.24, 2.45) is 7.05 Å². The third kappa shape index (κ3) is 3.71. The van der Waals surface area contributed by atoms with Gasteiger partial charge in [-0.15, -0.1) is 0 Å². The van der Waals surface area contributed by atoms with E-state index in [0.717, 1.165) is 31.7 Å². The molecule has 0 saturated carbocycles. The molecule has 0 unspecified atom stereocenters. The van der Waals surface area contributed by atoms with Gasteiger partial charge in [0.25, 0.3) is 0 Å². The van der Waals surface area contributed by atoms with Crippen LogP contribution in [0, 0.1) is 5.82 Å². The molecule has 4 rings (SSSR count). The summed E-state index contributed by atoms with van der Waals surface area (Å²) in [6.07, 6.45) is 3.86. The average molecular weight is 369 g/mol. The van der Waals surface area contributed by atoms with Gasteiger partial charge in [0, 0.05) is 25.7 Å². The Bertz CT molecular complexity index is 929. The van der Waals surface area contributed by atoms with Gasteiger partial charge >= 0.3 is 0 Å². The Balaban J connectivity index is 1.62. The second-order valence-electron chi connectivity index (χ2n) is 6.94. The predicted molar refractivity (Wildman–Crippen MR) is 105 cm³/mol. The molecule has 142 valence electrons. The van der Waals surface area contributed by atoms with E-state index in [1.54, 1.807) is 23.9 Å². The van der Waals surface area contributed by atoms with Crippen LogP contribution in [0.1, 0.15) is 19.3 Å². The summed E-state index contributed by atoms with van der Waals surface area (Å²) in [7, 11) is 1.77. The van der Waals surface area contributed by atoms with Gasteiger partial charge in [0.05, 0.1) is 11.1 Å². The summed E-state index contributed by atoms with van der Waals surface area (Å²) < 4.78 is 14.9. The monoisotopic (exact) mass is 369 g/mol. The number of aromatic nitrogens is 4. The minimum atomic E-state index is -0.289. The number of hydrogen-bond acceptors (Lipinski definition) is 6. The van der Waals surface area contributed by atoms with Crippen LogP contribution in [0.4, 0.5) is 16.2 Å². The number of aryl methyl sites for hydroxylation is 1. The Morgan fingerprint density at radius 1 is 1.11 bits per heavy atom. The lowest BCUT2D eigenvalue weighted by Crippen LogP contribution is -2.33. The van der Waals surface area contributed by atoms with Crippen LogP contribution in [0.15, 0.2) is 24.3 Å². The van der Waals surface area contributed by atoms with Gasteiger partial charge in [0.15, 0.2) is 5.65 Å². The molecule has 0 bridgehead atoms. The number of hydrogen-bond donors (Lipinski definition) is 2. The summed E-state index contributed by atoms with van der Waals surface area (Å²) in [5, 5.41) is 8.38. The van der Waals surface area contributed by atoms with Crippen LogP contribution in [0.25, 0.3) is 22.3 Å².